The van der Waals surface area contributed by atoms with Gasteiger partial charge in [0, 0.05) is 29.5 Å². The van der Waals surface area contributed by atoms with Crippen molar-refractivity contribution >= 4 is 34.0 Å². The highest BCUT2D eigenvalue weighted by Crippen LogP contribution is 2.29. The first-order chi connectivity index (χ1) is 13.6. The third kappa shape index (κ3) is 4.80. The zero-order valence-corrected chi connectivity index (χ0v) is 15.9. The Bertz CT molecular complexity index is 977. The molecule has 0 radical (unpaired) electrons. The first-order valence-corrected chi connectivity index (χ1v) is 9.01. The Balaban J connectivity index is 1.59. The normalized spacial score (nSPS) is 10.2. The number of carbonyl (C=O) groups is 2. The summed E-state index contributed by atoms with van der Waals surface area (Å²) in [4.78, 5) is 36.3. The molecule has 0 fully saturated rings. The fourth-order valence-electron chi connectivity index (χ4n) is 2.30. The maximum absolute atomic E-state index is 12.3. The van der Waals surface area contributed by atoms with Crippen LogP contribution in [0.3, 0.4) is 0 Å². The van der Waals surface area contributed by atoms with Crippen molar-refractivity contribution in [2.24, 2.45) is 0 Å². The molecule has 3 rings (SSSR count). The minimum atomic E-state index is -0.462. The molecule has 0 spiro atoms. The quantitative estimate of drug-likeness (QED) is 0.627. The predicted octanol–water partition coefficient (Wildman–Crippen LogP) is 2.38. The van der Waals surface area contributed by atoms with E-state index < -0.39 is 5.91 Å². The van der Waals surface area contributed by atoms with Crippen LogP contribution in [-0.2, 0) is 11.2 Å². The monoisotopic (exact) mass is 399 g/mol. The van der Waals surface area contributed by atoms with Crippen LogP contribution >= 0.6 is 11.3 Å². The van der Waals surface area contributed by atoms with Crippen LogP contribution in [0.25, 0.3) is 0 Å². The van der Waals surface area contributed by atoms with E-state index in [2.05, 4.69) is 25.6 Å². The molecule has 144 valence electrons. The third-order valence-electron chi connectivity index (χ3n) is 3.55. The van der Waals surface area contributed by atoms with E-state index in [0.29, 0.717) is 28.0 Å². The summed E-state index contributed by atoms with van der Waals surface area (Å²) < 4.78 is 10.4. The van der Waals surface area contributed by atoms with Crippen LogP contribution in [0.2, 0.25) is 0 Å². The molecule has 3 aromatic rings. The average Bonchev–Trinajstić information content (AvgIpc) is 3.14. The Morgan fingerprint density at radius 2 is 1.82 bits per heavy atom. The Labute approximate surface area is 164 Å². The fraction of sp³-hybridized carbons (Fsp3) is 0.167. The minimum Gasteiger partial charge on any atom is -0.493 e. The summed E-state index contributed by atoms with van der Waals surface area (Å²) in [6, 6.07) is 6.71. The maximum Gasteiger partial charge on any atom is 0.295 e. The van der Waals surface area contributed by atoms with E-state index >= 15 is 0 Å². The summed E-state index contributed by atoms with van der Waals surface area (Å²) in [5.41, 5.74) is 1.11. The van der Waals surface area contributed by atoms with E-state index in [1.807, 2.05) is 0 Å². The van der Waals surface area contributed by atoms with Crippen molar-refractivity contribution in [2.45, 2.75) is 6.42 Å². The molecule has 28 heavy (non-hydrogen) atoms. The summed E-state index contributed by atoms with van der Waals surface area (Å²) in [6.45, 7) is 0. The molecule has 2 N–H and O–H groups in total. The van der Waals surface area contributed by atoms with Crippen LogP contribution in [0.15, 0.2) is 42.0 Å². The van der Waals surface area contributed by atoms with Crippen molar-refractivity contribution in [3.8, 4) is 11.5 Å². The van der Waals surface area contributed by atoms with Gasteiger partial charge in [0.1, 0.15) is 0 Å². The Hall–Kier alpha value is -3.53. The zero-order chi connectivity index (χ0) is 19.9. The first kappa shape index (κ1) is 19.2. The highest BCUT2D eigenvalue weighted by atomic mass is 32.1. The number of ether oxygens (including phenoxy) is 2. The number of carbonyl (C=O) groups excluding carboxylic acids is 2. The summed E-state index contributed by atoms with van der Waals surface area (Å²) in [6.07, 6.45) is 3.02. The second kappa shape index (κ2) is 8.91. The molecule has 0 unspecified atom stereocenters. The van der Waals surface area contributed by atoms with Gasteiger partial charge in [-0.3, -0.25) is 14.9 Å². The van der Waals surface area contributed by atoms with Crippen LogP contribution in [0, 0.1) is 0 Å². The van der Waals surface area contributed by atoms with E-state index in [-0.39, 0.29) is 18.2 Å². The van der Waals surface area contributed by atoms with Gasteiger partial charge in [0.15, 0.2) is 16.6 Å². The van der Waals surface area contributed by atoms with Crippen molar-refractivity contribution in [3.05, 3.63) is 53.6 Å². The van der Waals surface area contributed by atoms with Gasteiger partial charge in [0.05, 0.1) is 26.3 Å². The maximum atomic E-state index is 12.3. The van der Waals surface area contributed by atoms with E-state index in [1.165, 1.54) is 30.8 Å². The van der Waals surface area contributed by atoms with Crippen molar-refractivity contribution < 1.29 is 19.1 Å². The second-order valence-electron chi connectivity index (χ2n) is 5.47. The number of hydrogen-bond donors (Lipinski definition) is 2. The number of benzene rings is 1. The van der Waals surface area contributed by atoms with Crippen LogP contribution in [0.4, 0.5) is 10.8 Å². The van der Waals surface area contributed by atoms with Gasteiger partial charge in [0.2, 0.25) is 11.7 Å². The topological polar surface area (TPSA) is 115 Å². The Morgan fingerprint density at radius 3 is 2.54 bits per heavy atom. The number of nitrogens with one attached hydrogen (secondary N) is 2. The highest BCUT2D eigenvalue weighted by Gasteiger charge is 2.13. The van der Waals surface area contributed by atoms with Crippen LogP contribution < -0.4 is 20.1 Å². The molecule has 1 aromatic carbocycles. The van der Waals surface area contributed by atoms with Crippen molar-refractivity contribution in [1.29, 1.82) is 0 Å². The SMILES string of the molecule is COc1ccc(NC(=O)Cc2csc(NC(=O)c3ncccn3)n2)cc1OC. The van der Waals surface area contributed by atoms with E-state index in [9.17, 15) is 9.59 Å². The van der Waals surface area contributed by atoms with Crippen molar-refractivity contribution in [3.63, 3.8) is 0 Å². The number of amides is 2. The molecule has 10 heteroatoms. The lowest BCUT2D eigenvalue weighted by atomic mass is 10.2. The van der Waals surface area contributed by atoms with Gasteiger partial charge < -0.3 is 14.8 Å². The molecule has 2 aromatic heterocycles. The minimum absolute atomic E-state index is 0.0467. The van der Waals surface area contributed by atoms with Gasteiger partial charge in [-0.25, -0.2) is 15.0 Å². The summed E-state index contributed by atoms with van der Waals surface area (Å²) in [5, 5.41) is 7.46. The molecule has 0 bridgehead atoms. The number of aromatic nitrogens is 3. The molecule has 0 saturated heterocycles. The zero-order valence-electron chi connectivity index (χ0n) is 15.1. The molecule has 2 amide bonds. The van der Waals surface area contributed by atoms with Gasteiger partial charge in [-0.2, -0.15) is 0 Å². The van der Waals surface area contributed by atoms with E-state index in [1.54, 1.807) is 36.8 Å². The van der Waals surface area contributed by atoms with Crippen LogP contribution in [0.1, 0.15) is 16.3 Å². The standard InChI is InChI=1S/C18H17N5O4S/c1-26-13-5-4-11(8-14(13)27-2)21-15(24)9-12-10-28-18(22-12)23-17(25)16-19-6-3-7-20-16/h3-8,10H,9H2,1-2H3,(H,21,24)(H,22,23,25). The fourth-order valence-corrected chi connectivity index (χ4v) is 3.00. The van der Waals surface area contributed by atoms with Gasteiger partial charge in [-0.05, 0) is 18.2 Å². The molecule has 2 heterocycles. The summed E-state index contributed by atoms with van der Waals surface area (Å²) in [7, 11) is 3.06. The van der Waals surface area contributed by atoms with E-state index in [4.69, 9.17) is 9.47 Å². The average molecular weight is 399 g/mol. The van der Waals surface area contributed by atoms with E-state index in [0.717, 1.165) is 0 Å². The number of rotatable bonds is 7. The molecule has 0 aliphatic rings. The summed E-state index contributed by atoms with van der Waals surface area (Å²) >= 11 is 1.22. The molecule has 0 atom stereocenters. The third-order valence-corrected chi connectivity index (χ3v) is 4.36. The lowest BCUT2D eigenvalue weighted by molar-refractivity contribution is -0.115. The number of anilines is 2. The van der Waals surface area contributed by atoms with Gasteiger partial charge in [-0.1, -0.05) is 0 Å². The van der Waals surface area contributed by atoms with Crippen molar-refractivity contribution in [1.82, 2.24) is 15.0 Å². The second-order valence-corrected chi connectivity index (χ2v) is 6.32. The first-order valence-electron chi connectivity index (χ1n) is 8.13. The smallest absolute Gasteiger partial charge is 0.295 e. The number of hydrogen-bond acceptors (Lipinski definition) is 8. The molecule has 0 aliphatic heterocycles. The van der Waals surface area contributed by atoms with Gasteiger partial charge >= 0.3 is 0 Å². The van der Waals surface area contributed by atoms with Crippen LogP contribution in [0.5, 0.6) is 11.5 Å². The molecular formula is C18H17N5O4S. The lowest BCUT2D eigenvalue weighted by Crippen LogP contribution is -2.16. The largest absolute Gasteiger partial charge is 0.493 e. The lowest BCUT2D eigenvalue weighted by Gasteiger charge is -2.10. The molecule has 0 saturated carbocycles. The number of nitrogens with zero attached hydrogens (tertiary/aromatic N) is 3. The number of thiazole rings is 1. The Morgan fingerprint density at radius 1 is 1.07 bits per heavy atom. The van der Waals surface area contributed by atoms with Gasteiger partial charge in [0.25, 0.3) is 5.91 Å². The predicted molar refractivity (Wildman–Crippen MR) is 104 cm³/mol. The molecule has 0 aliphatic carbocycles. The number of methoxy groups -OCH3 is 2. The van der Waals surface area contributed by atoms with Crippen molar-refractivity contribution in [2.75, 3.05) is 24.9 Å². The highest BCUT2D eigenvalue weighted by molar-refractivity contribution is 7.14. The van der Waals surface area contributed by atoms with Crippen LogP contribution in [-0.4, -0.2) is 41.0 Å². The van der Waals surface area contributed by atoms with Gasteiger partial charge in [-0.15, -0.1) is 11.3 Å². The molecular weight excluding hydrogens is 382 g/mol. The molecule has 9 nitrogen and oxygen atoms in total. The summed E-state index contributed by atoms with van der Waals surface area (Å²) in [5.74, 6) is 0.424. The Kier molecular flexibility index (Phi) is 6.12.